The molecule has 2 N–H and O–H groups in total. The summed E-state index contributed by atoms with van der Waals surface area (Å²) in [6.07, 6.45) is 2.60. The van der Waals surface area contributed by atoms with Crippen LogP contribution in [0.3, 0.4) is 0 Å². The lowest BCUT2D eigenvalue weighted by Gasteiger charge is -2.11. The maximum absolute atomic E-state index is 6.14. The predicted molar refractivity (Wildman–Crippen MR) is 74.6 cm³/mol. The molecule has 16 heavy (non-hydrogen) atoms. The van der Waals surface area contributed by atoms with Gasteiger partial charge in [0.15, 0.2) is 0 Å². The van der Waals surface area contributed by atoms with Gasteiger partial charge in [0.2, 0.25) is 0 Å². The molecule has 2 nitrogen and oxygen atoms in total. The summed E-state index contributed by atoms with van der Waals surface area (Å²) in [6.45, 7) is 0. The minimum absolute atomic E-state index is 0.0684. The molecule has 2 rings (SSSR count). The van der Waals surface area contributed by atoms with Crippen molar-refractivity contribution in [3.05, 3.63) is 49.3 Å². The Balaban J connectivity index is 2.17. The van der Waals surface area contributed by atoms with Crippen LogP contribution in [0.1, 0.15) is 16.6 Å². The molecule has 0 amide bonds. The highest BCUT2D eigenvalue weighted by molar-refractivity contribution is 9.11. The molecule has 1 atom stereocenters. The van der Waals surface area contributed by atoms with Gasteiger partial charge in [0.25, 0.3) is 0 Å². The van der Waals surface area contributed by atoms with Crippen molar-refractivity contribution < 1.29 is 0 Å². The van der Waals surface area contributed by atoms with Gasteiger partial charge in [-0.05, 0) is 49.4 Å². The third kappa shape index (κ3) is 2.91. The van der Waals surface area contributed by atoms with Gasteiger partial charge in [-0.1, -0.05) is 6.07 Å². The fourth-order valence-electron chi connectivity index (χ4n) is 1.44. The van der Waals surface area contributed by atoms with Crippen LogP contribution >= 0.6 is 43.2 Å². The zero-order chi connectivity index (χ0) is 11.5. The largest absolute Gasteiger partial charge is 0.322 e. The molecule has 0 aliphatic carbocycles. The van der Waals surface area contributed by atoms with Gasteiger partial charge in [0.1, 0.15) is 0 Å². The average Bonchev–Trinajstić information content (AvgIpc) is 2.70. The number of nitrogens with two attached hydrogens (primary N) is 1. The summed E-state index contributed by atoms with van der Waals surface area (Å²) >= 11 is 8.58. The number of hydrogen-bond acceptors (Lipinski definition) is 3. The fraction of sp³-hybridized carbons (Fsp3) is 0.182. The Morgan fingerprint density at radius 1 is 1.44 bits per heavy atom. The lowest BCUT2D eigenvalue weighted by molar-refractivity contribution is 0.699. The number of thiophene rings is 1. The molecular formula is C11H10Br2N2S. The van der Waals surface area contributed by atoms with Crippen LogP contribution in [0.5, 0.6) is 0 Å². The lowest BCUT2D eigenvalue weighted by Crippen LogP contribution is -2.15. The summed E-state index contributed by atoms with van der Waals surface area (Å²) in [5.74, 6) is 0. The van der Waals surface area contributed by atoms with Crippen molar-refractivity contribution in [2.24, 2.45) is 5.73 Å². The predicted octanol–water partition coefficient (Wildman–Crippen LogP) is 3.91. The van der Waals surface area contributed by atoms with E-state index < -0.39 is 0 Å². The molecule has 2 heterocycles. The van der Waals surface area contributed by atoms with Crippen LogP contribution in [0, 0.1) is 0 Å². The highest BCUT2D eigenvalue weighted by atomic mass is 79.9. The van der Waals surface area contributed by atoms with Crippen LogP contribution in [0.15, 0.2) is 38.7 Å². The van der Waals surface area contributed by atoms with E-state index in [0.29, 0.717) is 0 Å². The third-order valence-corrected chi connectivity index (χ3v) is 4.16. The maximum Gasteiger partial charge on any atom is 0.0717 e. The molecule has 0 aliphatic rings. The van der Waals surface area contributed by atoms with Crippen LogP contribution in [0.4, 0.5) is 0 Å². The topological polar surface area (TPSA) is 38.9 Å². The second-order valence-corrected chi connectivity index (χ2v) is 6.21. The summed E-state index contributed by atoms with van der Waals surface area (Å²) in [7, 11) is 0. The van der Waals surface area contributed by atoms with E-state index in [2.05, 4.69) is 48.3 Å². The van der Waals surface area contributed by atoms with Crippen molar-refractivity contribution in [2.45, 2.75) is 12.5 Å². The Morgan fingerprint density at radius 3 is 2.88 bits per heavy atom. The number of pyridine rings is 1. The molecule has 0 fully saturated rings. The molecule has 0 bridgehead atoms. The Hall–Kier alpha value is -0.230. The summed E-state index contributed by atoms with van der Waals surface area (Å²) in [6, 6.07) is 6.03. The highest BCUT2D eigenvalue weighted by Gasteiger charge is 2.13. The van der Waals surface area contributed by atoms with Gasteiger partial charge in [0, 0.05) is 26.4 Å². The second kappa shape index (κ2) is 5.40. The van der Waals surface area contributed by atoms with Crippen molar-refractivity contribution in [2.75, 3.05) is 0 Å². The molecule has 2 aromatic rings. The molecular weight excluding hydrogens is 352 g/mol. The van der Waals surface area contributed by atoms with Crippen LogP contribution in [-0.4, -0.2) is 4.98 Å². The van der Waals surface area contributed by atoms with Crippen molar-refractivity contribution in [1.82, 2.24) is 4.98 Å². The van der Waals surface area contributed by atoms with Gasteiger partial charge in [-0.2, -0.15) is 0 Å². The zero-order valence-electron chi connectivity index (χ0n) is 8.36. The first kappa shape index (κ1) is 12.2. The van der Waals surface area contributed by atoms with Crippen LogP contribution < -0.4 is 5.73 Å². The Kier molecular flexibility index (Phi) is 4.13. The van der Waals surface area contributed by atoms with Crippen molar-refractivity contribution in [3.63, 3.8) is 0 Å². The van der Waals surface area contributed by atoms with E-state index in [1.54, 1.807) is 17.5 Å². The number of hydrogen-bond donors (Lipinski definition) is 1. The summed E-state index contributed by atoms with van der Waals surface area (Å²) < 4.78 is 1.90. The van der Waals surface area contributed by atoms with Gasteiger partial charge in [-0.15, -0.1) is 11.3 Å². The molecule has 84 valence electrons. The summed E-state index contributed by atoms with van der Waals surface area (Å²) in [5, 5.41) is 2.06. The van der Waals surface area contributed by atoms with Gasteiger partial charge in [-0.3, -0.25) is 4.98 Å². The first-order valence-electron chi connectivity index (χ1n) is 4.75. The Bertz CT molecular complexity index is 471. The van der Waals surface area contributed by atoms with E-state index >= 15 is 0 Å². The highest BCUT2D eigenvalue weighted by Crippen LogP contribution is 2.26. The lowest BCUT2D eigenvalue weighted by atomic mass is 10.1. The second-order valence-electron chi connectivity index (χ2n) is 3.41. The maximum atomic E-state index is 6.14. The molecule has 1 unspecified atom stereocenters. The van der Waals surface area contributed by atoms with E-state index in [1.807, 2.05) is 12.1 Å². The molecule has 0 saturated heterocycles. The Labute approximate surface area is 115 Å². The monoisotopic (exact) mass is 360 g/mol. The fourth-order valence-corrected chi connectivity index (χ4v) is 3.49. The van der Waals surface area contributed by atoms with E-state index in [1.165, 1.54) is 4.88 Å². The number of halogens is 2. The molecule has 0 aromatic carbocycles. The summed E-state index contributed by atoms with van der Waals surface area (Å²) in [5.41, 5.74) is 7.04. The van der Waals surface area contributed by atoms with Crippen LogP contribution in [0.25, 0.3) is 0 Å². The molecule has 2 aromatic heterocycles. The minimum atomic E-state index is -0.0684. The molecule has 0 saturated carbocycles. The SMILES string of the molecule is NC(Cc1cccs1)c1ncc(Br)cc1Br. The first-order chi connectivity index (χ1) is 7.66. The average molecular weight is 362 g/mol. The first-order valence-corrected chi connectivity index (χ1v) is 7.22. The number of rotatable bonds is 3. The number of aromatic nitrogens is 1. The van der Waals surface area contributed by atoms with Gasteiger partial charge in [-0.25, -0.2) is 0 Å². The van der Waals surface area contributed by atoms with E-state index in [-0.39, 0.29) is 6.04 Å². The van der Waals surface area contributed by atoms with Gasteiger partial charge in [0.05, 0.1) is 11.7 Å². The van der Waals surface area contributed by atoms with Crippen LogP contribution in [-0.2, 0) is 6.42 Å². The van der Waals surface area contributed by atoms with Gasteiger partial charge >= 0.3 is 0 Å². The normalized spacial score (nSPS) is 12.7. The van der Waals surface area contributed by atoms with Crippen LogP contribution in [0.2, 0.25) is 0 Å². The summed E-state index contributed by atoms with van der Waals surface area (Å²) in [4.78, 5) is 5.63. The van der Waals surface area contributed by atoms with E-state index in [0.717, 1.165) is 21.1 Å². The Morgan fingerprint density at radius 2 is 2.25 bits per heavy atom. The molecule has 5 heteroatoms. The molecule has 0 spiro atoms. The molecule has 0 radical (unpaired) electrons. The van der Waals surface area contributed by atoms with Crippen molar-refractivity contribution in [1.29, 1.82) is 0 Å². The standard InChI is InChI=1S/C11H10Br2N2S/c12-7-4-9(13)11(15-6-7)10(14)5-8-2-1-3-16-8/h1-4,6,10H,5,14H2. The number of nitrogens with zero attached hydrogens (tertiary/aromatic N) is 1. The zero-order valence-corrected chi connectivity index (χ0v) is 12.3. The minimum Gasteiger partial charge on any atom is -0.322 e. The van der Waals surface area contributed by atoms with Crippen molar-refractivity contribution >= 4 is 43.2 Å². The van der Waals surface area contributed by atoms with Gasteiger partial charge < -0.3 is 5.73 Å². The van der Waals surface area contributed by atoms with E-state index in [9.17, 15) is 0 Å². The smallest absolute Gasteiger partial charge is 0.0717 e. The van der Waals surface area contributed by atoms with E-state index in [4.69, 9.17) is 5.73 Å². The van der Waals surface area contributed by atoms with Crippen molar-refractivity contribution in [3.8, 4) is 0 Å². The quantitative estimate of drug-likeness (QED) is 0.899. The molecule has 0 aliphatic heterocycles. The third-order valence-electron chi connectivity index (χ3n) is 2.19.